The first-order valence-corrected chi connectivity index (χ1v) is 6.28. The molecule has 0 aliphatic carbocycles. The fourth-order valence-electron chi connectivity index (χ4n) is 1.98. The van der Waals surface area contributed by atoms with E-state index in [0.29, 0.717) is 13.0 Å². The van der Waals surface area contributed by atoms with Gasteiger partial charge in [0.2, 0.25) is 0 Å². The van der Waals surface area contributed by atoms with Crippen LogP contribution in [0.15, 0.2) is 0 Å². The van der Waals surface area contributed by atoms with E-state index in [4.69, 9.17) is 4.74 Å². The summed E-state index contributed by atoms with van der Waals surface area (Å²) in [5.74, 6) is -0.0865. The molecule has 0 radical (unpaired) electrons. The highest BCUT2D eigenvalue weighted by atomic mass is 16.5. The zero-order valence-electron chi connectivity index (χ0n) is 10.2. The molecule has 0 spiro atoms. The van der Waals surface area contributed by atoms with Crippen molar-refractivity contribution in [3.8, 4) is 0 Å². The number of carbonyl (C=O) groups is 1. The van der Waals surface area contributed by atoms with E-state index < -0.39 is 0 Å². The van der Waals surface area contributed by atoms with Gasteiger partial charge >= 0.3 is 5.97 Å². The van der Waals surface area contributed by atoms with Crippen molar-refractivity contribution in [2.24, 2.45) is 0 Å². The first kappa shape index (κ1) is 13.5. The van der Waals surface area contributed by atoms with Crippen molar-refractivity contribution in [3.63, 3.8) is 0 Å². The molecule has 1 aliphatic heterocycles. The largest absolute Gasteiger partial charge is 0.466 e. The molecule has 0 unspecified atom stereocenters. The number of likely N-dealkylation sites (tertiary alicyclic amines) is 1. The van der Waals surface area contributed by atoms with Gasteiger partial charge in [0, 0.05) is 19.5 Å². The van der Waals surface area contributed by atoms with Crippen molar-refractivity contribution in [1.29, 1.82) is 0 Å². The second kappa shape index (κ2) is 7.63. The highest BCUT2D eigenvalue weighted by Gasteiger charge is 2.16. The van der Waals surface area contributed by atoms with Gasteiger partial charge in [0.1, 0.15) is 0 Å². The van der Waals surface area contributed by atoms with Crippen LogP contribution in [-0.2, 0) is 9.53 Å². The predicted molar refractivity (Wildman–Crippen MR) is 62.2 cm³/mol. The summed E-state index contributed by atoms with van der Waals surface area (Å²) in [6.45, 7) is 5.31. The molecule has 0 bridgehead atoms. The summed E-state index contributed by atoms with van der Waals surface area (Å²) in [6.07, 6.45) is 4.14. The predicted octanol–water partition coefficient (Wildman–Crippen LogP) is 1.18. The molecule has 1 rings (SSSR count). The minimum absolute atomic E-state index is 0.0865. The van der Waals surface area contributed by atoms with Gasteiger partial charge in [-0.15, -0.1) is 0 Å². The Balaban J connectivity index is 1.97. The van der Waals surface area contributed by atoms with Crippen molar-refractivity contribution >= 4 is 5.97 Å². The van der Waals surface area contributed by atoms with E-state index in [1.54, 1.807) is 0 Å². The van der Waals surface area contributed by atoms with E-state index in [9.17, 15) is 9.90 Å². The number of unbranched alkanes of at least 4 members (excludes halogenated alkanes) is 1. The van der Waals surface area contributed by atoms with Crippen molar-refractivity contribution in [2.45, 2.75) is 45.1 Å². The van der Waals surface area contributed by atoms with Gasteiger partial charge in [-0.2, -0.15) is 0 Å². The molecule has 0 atom stereocenters. The number of aliphatic hydroxyl groups is 1. The van der Waals surface area contributed by atoms with Gasteiger partial charge in [0.15, 0.2) is 0 Å². The lowest BCUT2D eigenvalue weighted by Crippen LogP contribution is -2.36. The van der Waals surface area contributed by atoms with Crippen molar-refractivity contribution in [3.05, 3.63) is 0 Å². The minimum atomic E-state index is -0.101. The van der Waals surface area contributed by atoms with Crippen LogP contribution in [0, 0.1) is 0 Å². The van der Waals surface area contributed by atoms with Gasteiger partial charge in [-0.25, -0.2) is 0 Å². The van der Waals surface area contributed by atoms with Gasteiger partial charge in [0.25, 0.3) is 0 Å². The zero-order chi connectivity index (χ0) is 11.8. The number of hydrogen-bond acceptors (Lipinski definition) is 4. The number of ether oxygens (including phenoxy) is 1. The van der Waals surface area contributed by atoms with Crippen LogP contribution in [0.4, 0.5) is 0 Å². The Morgan fingerprint density at radius 3 is 2.69 bits per heavy atom. The third-order valence-electron chi connectivity index (χ3n) is 2.97. The smallest absolute Gasteiger partial charge is 0.305 e. The SMILES string of the molecule is CCOC(=O)CCCCN1CCC(O)CC1. The van der Waals surface area contributed by atoms with Crippen LogP contribution in [0.2, 0.25) is 0 Å². The summed E-state index contributed by atoms with van der Waals surface area (Å²) in [6, 6.07) is 0. The molecule has 0 saturated carbocycles. The summed E-state index contributed by atoms with van der Waals surface area (Å²) >= 11 is 0. The van der Waals surface area contributed by atoms with Crippen LogP contribution in [0.3, 0.4) is 0 Å². The Morgan fingerprint density at radius 1 is 1.38 bits per heavy atom. The Morgan fingerprint density at radius 2 is 2.06 bits per heavy atom. The van der Waals surface area contributed by atoms with Gasteiger partial charge in [-0.05, 0) is 39.2 Å². The summed E-state index contributed by atoms with van der Waals surface area (Å²) in [5.41, 5.74) is 0. The number of rotatable bonds is 6. The molecular formula is C12H23NO3. The molecule has 1 heterocycles. The molecule has 0 aromatic heterocycles. The first-order valence-electron chi connectivity index (χ1n) is 6.28. The van der Waals surface area contributed by atoms with Crippen LogP contribution in [-0.4, -0.2) is 48.3 Å². The van der Waals surface area contributed by atoms with E-state index in [1.165, 1.54) is 0 Å². The number of piperidine rings is 1. The van der Waals surface area contributed by atoms with E-state index in [-0.39, 0.29) is 12.1 Å². The Hall–Kier alpha value is -0.610. The molecule has 94 valence electrons. The molecular weight excluding hydrogens is 206 g/mol. The molecule has 1 aliphatic rings. The maximum Gasteiger partial charge on any atom is 0.305 e. The summed E-state index contributed by atoms with van der Waals surface area (Å²) in [7, 11) is 0. The van der Waals surface area contributed by atoms with Crippen LogP contribution in [0.25, 0.3) is 0 Å². The molecule has 4 heteroatoms. The maximum atomic E-state index is 11.1. The quantitative estimate of drug-likeness (QED) is 0.549. The lowest BCUT2D eigenvalue weighted by molar-refractivity contribution is -0.143. The lowest BCUT2D eigenvalue weighted by Gasteiger charge is -2.29. The number of carbonyl (C=O) groups excluding carboxylic acids is 1. The first-order chi connectivity index (χ1) is 7.72. The summed E-state index contributed by atoms with van der Waals surface area (Å²) in [5, 5.41) is 9.34. The number of nitrogens with zero attached hydrogens (tertiary/aromatic N) is 1. The van der Waals surface area contributed by atoms with Gasteiger partial charge in [-0.1, -0.05) is 0 Å². The Bertz CT molecular complexity index is 200. The number of aliphatic hydroxyl groups excluding tert-OH is 1. The van der Waals surface area contributed by atoms with Crippen LogP contribution < -0.4 is 0 Å². The normalized spacial score (nSPS) is 18.6. The second-order valence-electron chi connectivity index (χ2n) is 4.33. The highest BCUT2D eigenvalue weighted by molar-refractivity contribution is 5.69. The zero-order valence-corrected chi connectivity index (χ0v) is 10.2. The Kier molecular flexibility index (Phi) is 6.42. The summed E-state index contributed by atoms with van der Waals surface area (Å²) < 4.78 is 4.86. The maximum absolute atomic E-state index is 11.1. The highest BCUT2D eigenvalue weighted by Crippen LogP contribution is 2.11. The second-order valence-corrected chi connectivity index (χ2v) is 4.33. The van der Waals surface area contributed by atoms with E-state index in [2.05, 4.69) is 4.90 Å². The fraction of sp³-hybridized carbons (Fsp3) is 0.917. The molecule has 4 nitrogen and oxygen atoms in total. The lowest BCUT2D eigenvalue weighted by atomic mass is 10.1. The van der Waals surface area contributed by atoms with E-state index >= 15 is 0 Å². The van der Waals surface area contributed by atoms with Gasteiger partial charge in [0.05, 0.1) is 12.7 Å². The molecule has 16 heavy (non-hydrogen) atoms. The van der Waals surface area contributed by atoms with E-state index in [0.717, 1.165) is 45.3 Å². The van der Waals surface area contributed by atoms with Crippen molar-refractivity contribution in [2.75, 3.05) is 26.2 Å². The van der Waals surface area contributed by atoms with Gasteiger partial charge < -0.3 is 14.7 Å². The van der Waals surface area contributed by atoms with Gasteiger partial charge in [-0.3, -0.25) is 4.79 Å². The third-order valence-corrected chi connectivity index (χ3v) is 2.97. The molecule has 1 saturated heterocycles. The number of esters is 1. The van der Waals surface area contributed by atoms with Crippen LogP contribution in [0.5, 0.6) is 0 Å². The van der Waals surface area contributed by atoms with Crippen molar-refractivity contribution in [1.82, 2.24) is 4.90 Å². The molecule has 0 aromatic carbocycles. The van der Waals surface area contributed by atoms with E-state index in [1.807, 2.05) is 6.92 Å². The van der Waals surface area contributed by atoms with Crippen molar-refractivity contribution < 1.29 is 14.6 Å². The summed E-state index contributed by atoms with van der Waals surface area (Å²) in [4.78, 5) is 13.4. The third kappa shape index (κ3) is 5.47. The van der Waals surface area contributed by atoms with Crippen LogP contribution >= 0.6 is 0 Å². The minimum Gasteiger partial charge on any atom is -0.466 e. The molecule has 0 aromatic rings. The molecule has 1 fully saturated rings. The van der Waals surface area contributed by atoms with Crippen LogP contribution in [0.1, 0.15) is 39.0 Å². The monoisotopic (exact) mass is 229 g/mol. The standard InChI is InChI=1S/C12H23NO3/c1-2-16-12(15)5-3-4-8-13-9-6-11(14)7-10-13/h11,14H,2-10H2,1H3. The topological polar surface area (TPSA) is 49.8 Å². The number of hydrogen-bond donors (Lipinski definition) is 1. The fourth-order valence-corrected chi connectivity index (χ4v) is 1.98. The average Bonchev–Trinajstić information content (AvgIpc) is 2.27. The Labute approximate surface area is 97.6 Å². The average molecular weight is 229 g/mol. The molecule has 0 amide bonds. The molecule has 1 N–H and O–H groups in total.